The Balaban J connectivity index is 2.31. The van der Waals surface area contributed by atoms with E-state index >= 15 is 0 Å². The topological polar surface area (TPSA) is 82.3 Å². The molecule has 0 aliphatic carbocycles. The molecule has 0 aliphatic rings. The summed E-state index contributed by atoms with van der Waals surface area (Å²) in [6, 6.07) is 3.28. The van der Waals surface area contributed by atoms with Gasteiger partial charge in [0, 0.05) is 17.1 Å². The number of ether oxygens (including phenoxy) is 1. The summed E-state index contributed by atoms with van der Waals surface area (Å²) in [7, 11) is 1.56. The van der Waals surface area contributed by atoms with E-state index in [2.05, 4.69) is 10.1 Å². The molecular weight excluding hydrogens is 316 g/mol. The molecule has 0 unspecified atom stereocenters. The third-order valence-electron chi connectivity index (χ3n) is 2.81. The van der Waals surface area contributed by atoms with Crippen molar-refractivity contribution in [3.63, 3.8) is 0 Å². The lowest BCUT2D eigenvalue weighted by molar-refractivity contribution is 0.236. The van der Waals surface area contributed by atoms with Crippen LogP contribution in [0.1, 0.15) is 29.8 Å². The van der Waals surface area contributed by atoms with Crippen LogP contribution in [0.4, 0.5) is 0 Å². The number of hydrogen-bond donors (Lipinski definition) is 0. The smallest absolute Gasteiger partial charge is 0.265 e. The van der Waals surface area contributed by atoms with Crippen molar-refractivity contribution in [1.82, 2.24) is 10.1 Å². The zero-order valence-electron chi connectivity index (χ0n) is 11.9. The van der Waals surface area contributed by atoms with Gasteiger partial charge in [0.15, 0.2) is 12.4 Å². The van der Waals surface area contributed by atoms with Crippen molar-refractivity contribution in [2.75, 3.05) is 0 Å². The van der Waals surface area contributed by atoms with Gasteiger partial charge in [-0.2, -0.15) is 4.98 Å². The number of aromatic nitrogens is 2. The molecule has 21 heavy (non-hydrogen) atoms. The predicted octanol–water partition coefficient (Wildman–Crippen LogP) is 2.76. The van der Waals surface area contributed by atoms with E-state index in [0.29, 0.717) is 17.8 Å². The van der Waals surface area contributed by atoms with Crippen molar-refractivity contribution in [3.8, 4) is 5.75 Å². The number of nitrogens with zero attached hydrogens (tertiary/aromatic N) is 2. The van der Waals surface area contributed by atoms with Crippen LogP contribution in [0.2, 0.25) is 0 Å². The van der Waals surface area contributed by atoms with Gasteiger partial charge in [-0.25, -0.2) is 8.42 Å². The molecule has 6 nitrogen and oxygen atoms in total. The minimum absolute atomic E-state index is 0.0175. The van der Waals surface area contributed by atoms with Crippen LogP contribution in [0.15, 0.2) is 21.6 Å². The summed E-state index contributed by atoms with van der Waals surface area (Å²) in [5.41, 5.74) is 1.45. The van der Waals surface area contributed by atoms with Crippen molar-refractivity contribution < 1.29 is 17.7 Å². The molecule has 1 aromatic heterocycles. The van der Waals surface area contributed by atoms with E-state index in [0.717, 1.165) is 5.56 Å². The van der Waals surface area contributed by atoms with Crippen LogP contribution in [-0.4, -0.2) is 18.6 Å². The fraction of sp³-hybridized carbons (Fsp3) is 0.385. The maximum atomic E-state index is 11.7. The molecule has 1 heterocycles. The predicted molar refractivity (Wildman–Crippen MR) is 77.0 cm³/mol. The van der Waals surface area contributed by atoms with E-state index in [-0.39, 0.29) is 23.1 Å². The molecule has 2 rings (SSSR count). The number of rotatable bonds is 5. The Morgan fingerprint density at radius 2 is 2.05 bits per heavy atom. The minimum atomic E-state index is -3.90. The molecule has 2 aromatic rings. The molecule has 8 heteroatoms. The quantitative estimate of drug-likeness (QED) is 0.784. The average Bonchev–Trinajstić information content (AvgIpc) is 2.83. The van der Waals surface area contributed by atoms with E-state index in [1.807, 2.05) is 13.0 Å². The van der Waals surface area contributed by atoms with Crippen LogP contribution >= 0.6 is 10.7 Å². The van der Waals surface area contributed by atoms with Crippen LogP contribution in [0.3, 0.4) is 0 Å². The second-order valence-electron chi connectivity index (χ2n) is 4.59. The number of halogens is 1. The first-order valence-corrected chi connectivity index (χ1v) is 8.62. The SMILES string of the molecule is CCc1noc(COc2c(C)cc(C)cc2S(=O)(=O)Cl)n1. The fourth-order valence-corrected chi connectivity index (χ4v) is 3.02. The Labute approximate surface area is 127 Å². The number of hydrogen-bond acceptors (Lipinski definition) is 6. The highest BCUT2D eigenvalue weighted by molar-refractivity contribution is 8.13. The van der Waals surface area contributed by atoms with Gasteiger partial charge in [-0.05, 0) is 31.0 Å². The summed E-state index contributed by atoms with van der Waals surface area (Å²) in [5, 5.41) is 3.74. The van der Waals surface area contributed by atoms with Gasteiger partial charge in [-0.3, -0.25) is 0 Å². The lowest BCUT2D eigenvalue weighted by Crippen LogP contribution is -2.03. The molecule has 0 radical (unpaired) electrons. The first kappa shape index (κ1) is 15.8. The van der Waals surface area contributed by atoms with Gasteiger partial charge in [0.2, 0.25) is 0 Å². The minimum Gasteiger partial charge on any atom is -0.482 e. The molecule has 0 saturated carbocycles. The van der Waals surface area contributed by atoms with Crippen molar-refractivity contribution in [1.29, 1.82) is 0 Å². The van der Waals surface area contributed by atoms with Gasteiger partial charge >= 0.3 is 0 Å². The van der Waals surface area contributed by atoms with Crippen LogP contribution in [0.5, 0.6) is 5.75 Å². The molecular formula is C13H15ClN2O4S. The zero-order chi connectivity index (χ0) is 15.6. The zero-order valence-corrected chi connectivity index (χ0v) is 13.5. The van der Waals surface area contributed by atoms with Crippen molar-refractivity contribution in [3.05, 3.63) is 35.0 Å². The molecule has 0 bridgehead atoms. The molecule has 114 valence electrons. The highest BCUT2D eigenvalue weighted by Gasteiger charge is 2.20. The first-order chi connectivity index (χ1) is 9.81. The molecule has 0 saturated heterocycles. The lowest BCUT2D eigenvalue weighted by Gasteiger charge is -2.12. The average molecular weight is 331 g/mol. The molecule has 0 atom stereocenters. The van der Waals surface area contributed by atoms with Crippen molar-refractivity contribution in [2.45, 2.75) is 38.7 Å². The maximum absolute atomic E-state index is 11.7. The van der Waals surface area contributed by atoms with Gasteiger partial charge in [0.1, 0.15) is 10.6 Å². The summed E-state index contributed by atoms with van der Waals surface area (Å²) in [5.74, 6) is 1.05. The van der Waals surface area contributed by atoms with Gasteiger partial charge in [0.05, 0.1) is 0 Å². The van der Waals surface area contributed by atoms with Crippen LogP contribution in [0, 0.1) is 13.8 Å². The second kappa shape index (κ2) is 6.03. The Bertz CT molecular complexity index is 756. The molecule has 0 fully saturated rings. The highest BCUT2D eigenvalue weighted by atomic mass is 35.7. The fourth-order valence-electron chi connectivity index (χ4n) is 1.91. The van der Waals surface area contributed by atoms with E-state index in [1.165, 1.54) is 6.07 Å². The summed E-state index contributed by atoms with van der Waals surface area (Å²) in [6.45, 7) is 5.42. The Morgan fingerprint density at radius 1 is 1.33 bits per heavy atom. The third-order valence-corrected chi connectivity index (χ3v) is 4.14. The largest absolute Gasteiger partial charge is 0.482 e. The van der Waals surface area contributed by atoms with Crippen LogP contribution < -0.4 is 4.74 Å². The number of benzene rings is 1. The van der Waals surface area contributed by atoms with E-state index in [1.54, 1.807) is 13.8 Å². The standard InChI is InChI=1S/C13H15ClN2O4S/c1-4-11-15-12(20-16-11)7-19-13-9(3)5-8(2)6-10(13)21(14,17)18/h5-6H,4,7H2,1-3H3. The third kappa shape index (κ3) is 3.74. The van der Waals surface area contributed by atoms with E-state index < -0.39 is 9.05 Å². The maximum Gasteiger partial charge on any atom is 0.265 e. The monoisotopic (exact) mass is 330 g/mol. The van der Waals surface area contributed by atoms with Gasteiger partial charge in [-0.1, -0.05) is 18.1 Å². The normalized spacial score (nSPS) is 11.6. The van der Waals surface area contributed by atoms with Crippen LogP contribution in [0.25, 0.3) is 0 Å². The van der Waals surface area contributed by atoms with E-state index in [4.69, 9.17) is 19.9 Å². The number of aryl methyl sites for hydroxylation is 3. The van der Waals surface area contributed by atoms with Crippen LogP contribution in [-0.2, 0) is 22.1 Å². The lowest BCUT2D eigenvalue weighted by atomic mass is 10.1. The molecule has 0 N–H and O–H groups in total. The Morgan fingerprint density at radius 3 is 2.62 bits per heavy atom. The summed E-state index contributed by atoms with van der Waals surface area (Å²) in [6.07, 6.45) is 0.647. The Hall–Kier alpha value is -1.60. The van der Waals surface area contributed by atoms with Crippen molar-refractivity contribution in [2.24, 2.45) is 0 Å². The second-order valence-corrected chi connectivity index (χ2v) is 7.13. The van der Waals surface area contributed by atoms with Gasteiger partial charge in [0.25, 0.3) is 14.9 Å². The summed E-state index contributed by atoms with van der Waals surface area (Å²) >= 11 is 0. The molecule has 0 aliphatic heterocycles. The molecule has 0 amide bonds. The van der Waals surface area contributed by atoms with Gasteiger partial charge < -0.3 is 9.26 Å². The molecule has 1 aromatic carbocycles. The summed E-state index contributed by atoms with van der Waals surface area (Å²) in [4.78, 5) is 4.04. The highest BCUT2D eigenvalue weighted by Crippen LogP contribution is 2.32. The summed E-state index contributed by atoms with van der Waals surface area (Å²) < 4.78 is 33.8. The first-order valence-electron chi connectivity index (χ1n) is 6.31. The van der Waals surface area contributed by atoms with E-state index in [9.17, 15) is 8.42 Å². The van der Waals surface area contributed by atoms with Crippen molar-refractivity contribution >= 4 is 19.7 Å². The van der Waals surface area contributed by atoms with Gasteiger partial charge in [-0.15, -0.1) is 0 Å². The Kier molecular flexibility index (Phi) is 4.53. The molecule has 0 spiro atoms.